The second-order valence-electron chi connectivity index (χ2n) is 5.64. The molecule has 116 valence electrons. The third kappa shape index (κ3) is 1.86. The molecule has 0 unspecified atom stereocenters. The monoisotopic (exact) mass is 371 g/mol. The fraction of sp³-hybridized carbons (Fsp3) is 0.692. The first-order valence-corrected chi connectivity index (χ1v) is 8.25. The number of unbranched alkanes of at least 4 members (excludes halogenated alkanes) is 1. The fourth-order valence-corrected chi connectivity index (χ4v) is 5.30. The van der Waals surface area contributed by atoms with Crippen LogP contribution in [0.2, 0.25) is 0 Å². The molecule has 2 amide bonds. The van der Waals surface area contributed by atoms with E-state index in [9.17, 15) is 9.59 Å². The summed E-state index contributed by atoms with van der Waals surface area (Å²) < 4.78 is 0. The molecule has 21 heavy (non-hydrogen) atoms. The van der Waals surface area contributed by atoms with Crippen LogP contribution in [0.15, 0.2) is 10.1 Å². The smallest absolute Gasteiger partial charge is 0.259 e. The molecule has 1 heterocycles. The number of hydrogen-bond acceptors (Lipinski definition) is 3. The highest BCUT2D eigenvalue weighted by atomic mass is 35.5. The molecule has 0 radical (unpaired) electrons. The van der Waals surface area contributed by atoms with Gasteiger partial charge in [0.2, 0.25) is 0 Å². The highest BCUT2D eigenvalue weighted by Gasteiger charge is 2.76. The predicted molar refractivity (Wildman–Crippen MR) is 80.2 cm³/mol. The molecular weight excluding hydrogens is 360 g/mol. The van der Waals surface area contributed by atoms with Crippen molar-refractivity contribution < 1.29 is 14.4 Å². The number of allylic oxidation sites excluding steroid dienone is 2. The van der Waals surface area contributed by atoms with Gasteiger partial charge in [-0.25, -0.2) is 0 Å². The number of hydroxylamine groups is 2. The van der Waals surface area contributed by atoms with Crippen molar-refractivity contribution in [3.8, 4) is 0 Å². The predicted octanol–water partition coefficient (Wildman–Crippen LogP) is 3.38. The average Bonchev–Trinajstić information content (AvgIpc) is 2.90. The van der Waals surface area contributed by atoms with Gasteiger partial charge in [0.1, 0.15) is 0 Å². The molecule has 0 aromatic heterocycles. The number of nitrogens with zero attached hydrogens (tertiary/aromatic N) is 1. The molecule has 2 aliphatic carbocycles. The van der Waals surface area contributed by atoms with Crippen molar-refractivity contribution in [1.82, 2.24) is 5.06 Å². The average molecular weight is 373 g/mol. The lowest BCUT2D eigenvalue weighted by atomic mass is 9.84. The number of alkyl halides is 2. The fourth-order valence-electron chi connectivity index (χ4n) is 3.38. The topological polar surface area (TPSA) is 46.6 Å². The van der Waals surface area contributed by atoms with Gasteiger partial charge in [0.05, 0.1) is 38.3 Å². The lowest BCUT2D eigenvalue weighted by Crippen LogP contribution is -2.38. The zero-order chi connectivity index (χ0) is 15.6. The lowest BCUT2D eigenvalue weighted by Gasteiger charge is -2.28. The van der Waals surface area contributed by atoms with Gasteiger partial charge in [-0.15, -0.1) is 23.2 Å². The molecule has 4 atom stereocenters. The van der Waals surface area contributed by atoms with Gasteiger partial charge in [-0.1, -0.05) is 36.5 Å². The maximum atomic E-state index is 12.5. The Hall–Kier alpha value is -0.000000000000000167. The largest absolute Gasteiger partial charge is 0.272 e. The molecule has 3 rings (SSSR count). The molecule has 2 bridgehead atoms. The van der Waals surface area contributed by atoms with Crippen LogP contribution in [0.4, 0.5) is 0 Å². The van der Waals surface area contributed by atoms with Crippen LogP contribution in [0.25, 0.3) is 0 Å². The van der Waals surface area contributed by atoms with E-state index in [-0.39, 0.29) is 23.1 Å². The molecule has 1 saturated carbocycles. The molecule has 3 aliphatic rings. The molecule has 0 spiro atoms. The zero-order valence-electron chi connectivity index (χ0n) is 11.2. The third-order valence-corrected chi connectivity index (χ3v) is 6.87. The summed E-state index contributed by atoms with van der Waals surface area (Å²) in [5, 5.41) is 1.12. The second-order valence-corrected chi connectivity index (χ2v) is 7.75. The van der Waals surface area contributed by atoms with Gasteiger partial charge >= 0.3 is 0 Å². The van der Waals surface area contributed by atoms with Crippen molar-refractivity contribution in [2.45, 2.75) is 35.9 Å². The summed E-state index contributed by atoms with van der Waals surface area (Å²) in [7, 11) is 0. The number of halogens is 4. The summed E-state index contributed by atoms with van der Waals surface area (Å²) in [6, 6.07) is 0. The van der Waals surface area contributed by atoms with Gasteiger partial charge in [-0.2, -0.15) is 5.06 Å². The van der Waals surface area contributed by atoms with E-state index in [1.807, 2.05) is 6.92 Å². The van der Waals surface area contributed by atoms with Crippen molar-refractivity contribution >= 4 is 58.2 Å². The molecule has 8 heteroatoms. The van der Waals surface area contributed by atoms with Gasteiger partial charge in [-0.3, -0.25) is 14.4 Å². The molecule has 0 aromatic carbocycles. The zero-order valence-corrected chi connectivity index (χ0v) is 14.2. The van der Waals surface area contributed by atoms with Crippen molar-refractivity contribution in [3.63, 3.8) is 0 Å². The minimum Gasteiger partial charge on any atom is -0.272 e. The number of fused-ring (bicyclic) bond motifs is 5. The molecule has 0 N–H and O–H groups in total. The molecule has 2 fully saturated rings. The van der Waals surface area contributed by atoms with Crippen LogP contribution in [0.3, 0.4) is 0 Å². The summed E-state index contributed by atoms with van der Waals surface area (Å²) in [4.78, 5) is 27.9. The van der Waals surface area contributed by atoms with Crippen LogP contribution in [-0.2, 0) is 14.4 Å². The SMILES string of the molecule is CCCCON1C(=O)[C@H]2[C@H](C1=O)[C@@]1(Cl)C[C@@]2(Cl)C(Cl)=C1Cl. The van der Waals surface area contributed by atoms with Crippen molar-refractivity contribution in [3.05, 3.63) is 10.1 Å². The van der Waals surface area contributed by atoms with Gasteiger partial charge in [-0.05, 0) is 12.8 Å². The summed E-state index contributed by atoms with van der Waals surface area (Å²) >= 11 is 25.3. The summed E-state index contributed by atoms with van der Waals surface area (Å²) in [5.74, 6) is -2.61. The number of rotatable bonds is 4. The Balaban J connectivity index is 1.94. The number of carbonyl (C=O) groups excluding carboxylic acids is 2. The van der Waals surface area contributed by atoms with E-state index in [2.05, 4.69) is 0 Å². The van der Waals surface area contributed by atoms with E-state index in [0.29, 0.717) is 0 Å². The first-order valence-electron chi connectivity index (χ1n) is 6.73. The quantitative estimate of drug-likeness (QED) is 0.431. The highest BCUT2D eigenvalue weighted by molar-refractivity contribution is 6.52. The minimum atomic E-state index is -1.21. The van der Waals surface area contributed by atoms with Crippen LogP contribution in [0.1, 0.15) is 26.2 Å². The summed E-state index contributed by atoms with van der Waals surface area (Å²) in [6.07, 6.45) is 1.81. The Morgan fingerprint density at radius 2 is 1.62 bits per heavy atom. The van der Waals surface area contributed by atoms with Crippen LogP contribution in [-0.4, -0.2) is 33.2 Å². The van der Waals surface area contributed by atoms with Crippen LogP contribution in [0.5, 0.6) is 0 Å². The van der Waals surface area contributed by atoms with E-state index >= 15 is 0 Å². The van der Waals surface area contributed by atoms with Gasteiger partial charge < -0.3 is 0 Å². The van der Waals surface area contributed by atoms with E-state index in [0.717, 1.165) is 17.9 Å². The maximum Gasteiger partial charge on any atom is 0.259 e. The van der Waals surface area contributed by atoms with Gasteiger partial charge in [0, 0.05) is 0 Å². The first-order chi connectivity index (χ1) is 9.79. The van der Waals surface area contributed by atoms with E-state index in [1.54, 1.807) is 0 Å². The Bertz CT molecular complexity index is 524. The molecular formula is C13H13Cl4NO3. The highest BCUT2D eigenvalue weighted by Crippen LogP contribution is 2.69. The van der Waals surface area contributed by atoms with Crippen molar-refractivity contribution in [1.29, 1.82) is 0 Å². The van der Waals surface area contributed by atoms with E-state index in [1.165, 1.54) is 0 Å². The number of amides is 2. The van der Waals surface area contributed by atoms with E-state index in [4.69, 9.17) is 51.2 Å². The standard InChI is InChI=1S/C13H13Cl4NO3/c1-2-3-4-21-18-10(19)6-7(11(18)20)13(17)5-12(6,16)8(14)9(13)15/h6-7H,2-5H2,1H3/t6-,7-,12+,13+/m1/s1. The normalized spacial score (nSPS) is 41.5. The number of imide groups is 1. The van der Waals surface area contributed by atoms with Crippen LogP contribution >= 0.6 is 46.4 Å². The Kier molecular flexibility index (Phi) is 3.78. The molecule has 1 aliphatic heterocycles. The van der Waals surface area contributed by atoms with Crippen molar-refractivity contribution in [2.75, 3.05) is 6.61 Å². The van der Waals surface area contributed by atoms with Crippen molar-refractivity contribution in [2.24, 2.45) is 11.8 Å². The Morgan fingerprint density at radius 1 is 1.14 bits per heavy atom. The second kappa shape index (κ2) is 5.00. The minimum absolute atomic E-state index is 0.165. The molecule has 1 saturated heterocycles. The molecule has 4 nitrogen and oxygen atoms in total. The lowest BCUT2D eigenvalue weighted by molar-refractivity contribution is -0.190. The molecule has 0 aromatic rings. The van der Waals surface area contributed by atoms with Crippen LogP contribution in [0, 0.1) is 11.8 Å². The first kappa shape index (κ1) is 15.9. The third-order valence-electron chi connectivity index (χ3n) is 4.41. The summed E-state index contributed by atoms with van der Waals surface area (Å²) in [5.41, 5.74) is 0. The van der Waals surface area contributed by atoms with Crippen LogP contribution < -0.4 is 0 Å². The van der Waals surface area contributed by atoms with Gasteiger partial charge in [0.25, 0.3) is 11.8 Å². The van der Waals surface area contributed by atoms with Gasteiger partial charge in [0.15, 0.2) is 0 Å². The Labute approximate surface area is 142 Å². The van der Waals surface area contributed by atoms with E-state index < -0.39 is 33.4 Å². The number of hydrogen-bond donors (Lipinski definition) is 0. The number of carbonyl (C=O) groups is 2. The summed E-state index contributed by atoms with van der Waals surface area (Å²) in [6.45, 7) is 2.27. The maximum absolute atomic E-state index is 12.5. The Morgan fingerprint density at radius 3 is 2.05 bits per heavy atom.